The Morgan fingerprint density at radius 1 is 1.08 bits per heavy atom. The molecule has 25 heavy (non-hydrogen) atoms. The topological polar surface area (TPSA) is 49.3 Å². The lowest BCUT2D eigenvalue weighted by atomic mass is 9.67. The molecule has 2 aromatic carbocycles. The minimum atomic E-state index is -0.899. The molecule has 2 saturated carbocycles. The van der Waals surface area contributed by atoms with Crippen molar-refractivity contribution in [1.82, 2.24) is 0 Å². The molecule has 2 fully saturated rings. The summed E-state index contributed by atoms with van der Waals surface area (Å²) in [5.41, 5.74) is 3.31. The lowest BCUT2D eigenvalue weighted by Crippen LogP contribution is -2.36. The molecule has 1 heterocycles. The van der Waals surface area contributed by atoms with Crippen LogP contribution in [-0.4, -0.2) is 11.1 Å². The van der Waals surface area contributed by atoms with Crippen LogP contribution in [0.2, 0.25) is 0 Å². The average molecular weight is 337 g/mol. The number of aromatic carboxylic acids is 1. The number of hydrogen-bond acceptors (Lipinski definition) is 2. The largest absolute Gasteiger partial charge is 0.478 e. The Hall–Kier alpha value is -2.36. The normalized spacial score (nSPS) is 32.0. The molecule has 2 bridgehead atoms. The molecule has 3 aliphatic rings. The van der Waals surface area contributed by atoms with Gasteiger partial charge in [0.05, 0.1) is 17.3 Å². The standard InChI is InChI=1S/C21H20FNO2/c22-14-8-6-11(7-9-14)19-18-13-5-4-12(10-13)17(18)15-2-1-3-16(21(24)25)20(15)23-19/h1-3,6-9,12-13,17-19,23H,4-5,10H2,(H,24,25)/t12-,13+,17-,18-,19+/m0/s1. The second-order valence-electron chi connectivity index (χ2n) is 7.68. The van der Waals surface area contributed by atoms with E-state index in [1.165, 1.54) is 31.4 Å². The summed E-state index contributed by atoms with van der Waals surface area (Å²) in [6.45, 7) is 0. The zero-order valence-corrected chi connectivity index (χ0v) is 13.8. The smallest absolute Gasteiger partial charge is 0.337 e. The molecule has 1 aliphatic heterocycles. The van der Waals surface area contributed by atoms with Crippen LogP contribution in [0.3, 0.4) is 0 Å². The number of benzene rings is 2. The summed E-state index contributed by atoms with van der Waals surface area (Å²) >= 11 is 0. The predicted octanol–water partition coefficient (Wildman–Crippen LogP) is 4.82. The number of fused-ring (bicyclic) bond motifs is 7. The maximum absolute atomic E-state index is 13.4. The van der Waals surface area contributed by atoms with Gasteiger partial charge in [0.15, 0.2) is 0 Å². The third kappa shape index (κ3) is 2.13. The van der Waals surface area contributed by atoms with Crippen LogP contribution in [0.25, 0.3) is 0 Å². The number of carboxylic acid groups (broad SMARTS) is 1. The molecule has 2 aliphatic carbocycles. The second kappa shape index (κ2) is 5.32. The predicted molar refractivity (Wildman–Crippen MR) is 93.2 cm³/mol. The number of hydrogen-bond donors (Lipinski definition) is 2. The number of anilines is 1. The Bertz CT molecular complexity index is 847. The van der Waals surface area contributed by atoms with Gasteiger partial charge < -0.3 is 10.4 Å². The van der Waals surface area contributed by atoms with Gasteiger partial charge in [0.2, 0.25) is 0 Å². The quantitative estimate of drug-likeness (QED) is 0.826. The zero-order chi connectivity index (χ0) is 17.1. The Balaban J connectivity index is 1.67. The highest BCUT2D eigenvalue weighted by atomic mass is 19.1. The second-order valence-corrected chi connectivity index (χ2v) is 7.68. The first-order chi connectivity index (χ1) is 12.1. The van der Waals surface area contributed by atoms with Crippen molar-refractivity contribution in [1.29, 1.82) is 0 Å². The van der Waals surface area contributed by atoms with Crippen molar-refractivity contribution in [2.75, 3.05) is 5.32 Å². The van der Waals surface area contributed by atoms with E-state index in [1.54, 1.807) is 6.07 Å². The molecule has 0 amide bonds. The van der Waals surface area contributed by atoms with E-state index >= 15 is 0 Å². The van der Waals surface area contributed by atoms with E-state index in [9.17, 15) is 14.3 Å². The number of rotatable bonds is 2. The summed E-state index contributed by atoms with van der Waals surface area (Å²) in [6, 6.07) is 12.3. The van der Waals surface area contributed by atoms with Crippen LogP contribution in [0, 0.1) is 23.6 Å². The number of carboxylic acids is 1. The van der Waals surface area contributed by atoms with E-state index in [4.69, 9.17) is 0 Å². The maximum Gasteiger partial charge on any atom is 0.337 e. The van der Waals surface area contributed by atoms with Crippen LogP contribution < -0.4 is 5.32 Å². The summed E-state index contributed by atoms with van der Waals surface area (Å²) < 4.78 is 13.4. The molecule has 2 aromatic rings. The van der Waals surface area contributed by atoms with Gasteiger partial charge in [0, 0.05) is 0 Å². The molecule has 5 atom stereocenters. The Kier molecular flexibility index (Phi) is 3.18. The lowest BCUT2D eigenvalue weighted by molar-refractivity contribution is 0.0697. The van der Waals surface area contributed by atoms with Crippen LogP contribution in [0.4, 0.5) is 10.1 Å². The highest BCUT2D eigenvalue weighted by Gasteiger charge is 2.54. The van der Waals surface area contributed by atoms with Gasteiger partial charge in [-0.1, -0.05) is 24.3 Å². The highest BCUT2D eigenvalue weighted by Crippen LogP contribution is 2.63. The minimum absolute atomic E-state index is 0.0499. The highest BCUT2D eigenvalue weighted by molar-refractivity contribution is 5.95. The number of para-hydroxylation sites is 1. The van der Waals surface area contributed by atoms with Crippen molar-refractivity contribution < 1.29 is 14.3 Å². The third-order valence-corrected chi connectivity index (χ3v) is 6.58. The van der Waals surface area contributed by atoms with Crippen LogP contribution >= 0.6 is 0 Å². The zero-order valence-electron chi connectivity index (χ0n) is 13.8. The van der Waals surface area contributed by atoms with Gasteiger partial charge in [0.1, 0.15) is 5.82 Å². The van der Waals surface area contributed by atoms with E-state index in [0.29, 0.717) is 29.2 Å². The fraction of sp³-hybridized carbons (Fsp3) is 0.381. The van der Waals surface area contributed by atoms with Gasteiger partial charge in [0.25, 0.3) is 0 Å². The fourth-order valence-corrected chi connectivity index (χ4v) is 5.69. The van der Waals surface area contributed by atoms with E-state index < -0.39 is 5.97 Å². The molecular weight excluding hydrogens is 317 g/mol. The Morgan fingerprint density at radius 2 is 1.84 bits per heavy atom. The molecule has 0 unspecified atom stereocenters. The summed E-state index contributed by atoms with van der Waals surface area (Å²) in [4.78, 5) is 11.7. The van der Waals surface area contributed by atoms with E-state index in [2.05, 4.69) is 11.4 Å². The minimum Gasteiger partial charge on any atom is -0.478 e. The maximum atomic E-state index is 13.4. The van der Waals surface area contributed by atoms with Crippen molar-refractivity contribution in [3.05, 3.63) is 65.0 Å². The molecule has 0 aromatic heterocycles. The molecule has 0 saturated heterocycles. The molecule has 2 N–H and O–H groups in total. The van der Waals surface area contributed by atoms with Gasteiger partial charge in [-0.25, -0.2) is 9.18 Å². The SMILES string of the molecule is O=C(O)c1cccc2c1N[C@H](c1ccc(F)cc1)[C@H]1[C@@H]3CC[C@@H](C3)[C@@H]21. The van der Waals surface area contributed by atoms with Crippen molar-refractivity contribution in [2.24, 2.45) is 17.8 Å². The number of halogens is 1. The van der Waals surface area contributed by atoms with E-state index in [-0.39, 0.29) is 11.9 Å². The van der Waals surface area contributed by atoms with Crippen LogP contribution in [0.5, 0.6) is 0 Å². The van der Waals surface area contributed by atoms with Gasteiger partial charge in [-0.2, -0.15) is 0 Å². The molecule has 5 rings (SSSR count). The van der Waals surface area contributed by atoms with Gasteiger partial charge in [-0.15, -0.1) is 0 Å². The third-order valence-electron chi connectivity index (χ3n) is 6.58. The van der Waals surface area contributed by atoms with Gasteiger partial charge >= 0.3 is 5.97 Å². The van der Waals surface area contributed by atoms with Crippen LogP contribution in [0.1, 0.15) is 52.7 Å². The Labute approximate surface area is 145 Å². The first-order valence-electron chi connectivity index (χ1n) is 9.01. The van der Waals surface area contributed by atoms with Crippen molar-refractivity contribution in [2.45, 2.75) is 31.2 Å². The van der Waals surface area contributed by atoms with Crippen LogP contribution in [-0.2, 0) is 0 Å². The molecular formula is C21H20FNO2. The lowest BCUT2D eigenvalue weighted by Gasteiger charge is -2.44. The first-order valence-corrected chi connectivity index (χ1v) is 9.01. The Morgan fingerprint density at radius 3 is 2.60 bits per heavy atom. The number of nitrogens with one attached hydrogen (secondary N) is 1. The van der Waals surface area contributed by atoms with Crippen LogP contribution in [0.15, 0.2) is 42.5 Å². The van der Waals surface area contributed by atoms with Crippen molar-refractivity contribution in [3.63, 3.8) is 0 Å². The van der Waals surface area contributed by atoms with E-state index in [1.807, 2.05) is 18.2 Å². The van der Waals surface area contributed by atoms with Gasteiger partial charge in [-0.3, -0.25) is 0 Å². The first kappa shape index (κ1) is 14.9. The molecule has 128 valence electrons. The summed E-state index contributed by atoms with van der Waals surface area (Å²) in [5.74, 6) is 1.03. The summed E-state index contributed by atoms with van der Waals surface area (Å²) in [5, 5.41) is 13.2. The molecule has 0 spiro atoms. The fourth-order valence-electron chi connectivity index (χ4n) is 5.69. The van der Waals surface area contributed by atoms with Crippen molar-refractivity contribution in [3.8, 4) is 0 Å². The monoisotopic (exact) mass is 337 g/mol. The van der Waals surface area contributed by atoms with E-state index in [0.717, 1.165) is 16.8 Å². The van der Waals surface area contributed by atoms with Crippen molar-refractivity contribution >= 4 is 11.7 Å². The number of carbonyl (C=O) groups is 1. The summed E-state index contributed by atoms with van der Waals surface area (Å²) in [7, 11) is 0. The molecule has 4 heteroatoms. The molecule has 3 nitrogen and oxygen atoms in total. The summed E-state index contributed by atoms with van der Waals surface area (Å²) in [6.07, 6.45) is 3.71. The van der Waals surface area contributed by atoms with Gasteiger partial charge in [-0.05, 0) is 72.3 Å². The molecule has 0 radical (unpaired) electrons. The average Bonchev–Trinajstić information content (AvgIpc) is 3.23.